The third-order valence-electron chi connectivity index (χ3n) is 3.19. The predicted molar refractivity (Wildman–Crippen MR) is 77.3 cm³/mol. The highest BCUT2D eigenvalue weighted by atomic mass is 79.9. The first-order chi connectivity index (χ1) is 8.63. The summed E-state index contributed by atoms with van der Waals surface area (Å²) in [5.41, 5.74) is 3.19. The van der Waals surface area contributed by atoms with Gasteiger partial charge in [-0.3, -0.25) is 0 Å². The number of fused-ring (bicyclic) bond motifs is 1. The van der Waals surface area contributed by atoms with Gasteiger partial charge in [0.1, 0.15) is 5.75 Å². The molecular weight excluding hydrogens is 314 g/mol. The number of anilines is 1. The summed E-state index contributed by atoms with van der Waals surface area (Å²) < 4.78 is 0.877. The van der Waals surface area contributed by atoms with Crippen LogP contribution in [0.25, 0.3) is 0 Å². The molecule has 0 bridgehead atoms. The van der Waals surface area contributed by atoms with E-state index in [0.29, 0.717) is 5.75 Å². The lowest BCUT2D eigenvalue weighted by molar-refractivity contribution is 0.464. The van der Waals surface area contributed by atoms with Crippen molar-refractivity contribution in [2.75, 3.05) is 5.32 Å². The molecule has 0 saturated carbocycles. The normalized spacial score (nSPS) is 17.3. The molecule has 18 heavy (non-hydrogen) atoms. The maximum Gasteiger partial charge on any atom is 0.121 e. The maximum absolute atomic E-state index is 9.99. The fourth-order valence-electron chi connectivity index (χ4n) is 2.33. The topological polar surface area (TPSA) is 32.3 Å². The van der Waals surface area contributed by atoms with Crippen LogP contribution in [0.5, 0.6) is 5.75 Å². The SMILES string of the molecule is Oc1cc(Br)ccc1[C@H]1Cc2cc(Cl)ccc2N1. The van der Waals surface area contributed by atoms with Crippen molar-refractivity contribution in [1.82, 2.24) is 0 Å². The van der Waals surface area contributed by atoms with E-state index in [4.69, 9.17) is 11.6 Å². The van der Waals surface area contributed by atoms with Crippen LogP contribution in [0.4, 0.5) is 5.69 Å². The van der Waals surface area contributed by atoms with E-state index >= 15 is 0 Å². The van der Waals surface area contributed by atoms with E-state index in [1.165, 1.54) is 5.56 Å². The molecule has 2 aromatic rings. The quantitative estimate of drug-likeness (QED) is 0.808. The molecule has 0 spiro atoms. The number of aromatic hydroxyl groups is 1. The Kier molecular flexibility index (Phi) is 2.96. The van der Waals surface area contributed by atoms with E-state index in [0.717, 1.165) is 27.2 Å². The summed E-state index contributed by atoms with van der Waals surface area (Å²) >= 11 is 9.33. The van der Waals surface area contributed by atoms with E-state index in [9.17, 15) is 5.11 Å². The number of hydrogen-bond acceptors (Lipinski definition) is 2. The third kappa shape index (κ3) is 2.08. The van der Waals surface area contributed by atoms with Gasteiger partial charge in [-0.2, -0.15) is 0 Å². The minimum Gasteiger partial charge on any atom is -0.508 e. The van der Waals surface area contributed by atoms with Crippen LogP contribution in [0.3, 0.4) is 0 Å². The molecule has 0 fully saturated rings. The molecule has 0 amide bonds. The molecule has 92 valence electrons. The molecule has 1 aliphatic heterocycles. The van der Waals surface area contributed by atoms with Gasteiger partial charge in [0.15, 0.2) is 0 Å². The largest absolute Gasteiger partial charge is 0.508 e. The van der Waals surface area contributed by atoms with Gasteiger partial charge in [0.05, 0.1) is 6.04 Å². The van der Waals surface area contributed by atoms with Crippen molar-refractivity contribution in [3.63, 3.8) is 0 Å². The first-order valence-corrected chi connectivity index (χ1v) is 6.84. The number of halogens is 2. The molecule has 0 saturated heterocycles. The average molecular weight is 325 g/mol. The number of phenols is 1. The predicted octanol–water partition coefficient (Wildman–Crippen LogP) is 4.52. The number of hydrogen-bond donors (Lipinski definition) is 2. The second kappa shape index (κ2) is 4.48. The van der Waals surface area contributed by atoms with E-state index in [1.54, 1.807) is 6.07 Å². The highest BCUT2D eigenvalue weighted by molar-refractivity contribution is 9.10. The van der Waals surface area contributed by atoms with Crippen LogP contribution < -0.4 is 5.32 Å². The van der Waals surface area contributed by atoms with Crippen LogP contribution >= 0.6 is 27.5 Å². The lowest BCUT2D eigenvalue weighted by Gasteiger charge is -2.13. The zero-order chi connectivity index (χ0) is 12.7. The first kappa shape index (κ1) is 11.9. The highest BCUT2D eigenvalue weighted by Gasteiger charge is 2.24. The Labute approximate surface area is 119 Å². The van der Waals surface area contributed by atoms with Crippen molar-refractivity contribution in [3.8, 4) is 5.75 Å². The number of nitrogens with one attached hydrogen (secondary N) is 1. The Balaban J connectivity index is 1.93. The van der Waals surface area contributed by atoms with Gasteiger partial charge in [-0.15, -0.1) is 0 Å². The van der Waals surface area contributed by atoms with Gasteiger partial charge in [-0.25, -0.2) is 0 Å². The minimum absolute atomic E-state index is 0.103. The number of benzene rings is 2. The molecule has 0 radical (unpaired) electrons. The van der Waals surface area contributed by atoms with Crippen LogP contribution in [0.2, 0.25) is 5.02 Å². The second-order valence-electron chi connectivity index (χ2n) is 4.41. The molecule has 0 unspecified atom stereocenters. The van der Waals surface area contributed by atoms with Crippen molar-refractivity contribution in [1.29, 1.82) is 0 Å². The summed E-state index contributed by atoms with van der Waals surface area (Å²) in [6, 6.07) is 11.5. The lowest BCUT2D eigenvalue weighted by Crippen LogP contribution is -2.05. The van der Waals surface area contributed by atoms with Crippen molar-refractivity contribution in [3.05, 3.63) is 57.0 Å². The van der Waals surface area contributed by atoms with E-state index in [-0.39, 0.29) is 6.04 Å². The smallest absolute Gasteiger partial charge is 0.121 e. The molecule has 2 nitrogen and oxygen atoms in total. The maximum atomic E-state index is 9.99. The van der Waals surface area contributed by atoms with Gasteiger partial charge in [0.25, 0.3) is 0 Å². The lowest BCUT2D eigenvalue weighted by atomic mass is 10.0. The molecular formula is C14H11BrClNO. The van der Waals surface area contributed by atoms with E-state index < -0.39 is 0 Å². The summed E-state index contributed by atoms with van der Waals surface area (Å²) in [6.07, 6.45) is 0.838. The minimum atomic E-state index is 0.103. The summed E-state index contributed by atoms with van der Waals surface area (Å²) in [5.74, 6) is 0.306. The van der Waals surface area contributed by atoms with Gasteiger partial charge in [0.2, 0.25) is 0 Å². The first-order valence-electron chi connectivity index (χ1n) is 5.67. The highest BCUT2D eigenvalue weighted by Crippen LogP contribution is 2.39. The van der Waals surface area contributed by atoms with Gasteiger partial charge in [-0.1, -0.05) is 33.6 Å². The monoisotopic (exact) mass is 323 g/mol. The molecule has 4 heteroatoms. The molecule has 3 rings (SSSR count). The standard InChI is InChI=1S/C14H11BrClNO/c15-9-1-3-11(14(18)7-9)13-6-8-5-10(16)2-4-12(8)17-13/h1-5,7,13,17-18H,6H2/t13-/m1/s1. The molecule has 1 heterocycles. The molecule has 0 aromatic heterocycles. The molecule has 2 aromatic carbocycles. The van der Waals surface area contributed by atoms with Crippen molar-refractivity contribution in [2.24, 2.45) is 0 Å². The van der Waals surface area contributed by atoms with Crippen LogP contribution in [0.1, 0.15) is 17.2 Å². The average Bonchev–Trinajstić information content (AvgIpc) is 2.71. The van der Waals surface area contributed by atoms with Gasteiger partial charge < -0.3 is 10.4 Å². The van der Waals surface area contributed by atoms with E-state index in [2.05, 4.69) is 21.2 Å². The second-order valence-corrected chi connectivity index (χ2v) is 5.76. The van der Waals surface area contributed by atoms with Crippen LogP contribution in [0.15, 0.2) is 40.9 Å². The summed E-state index contributed by atoms with van der Waals surface area (Å²) in [7, 11) is 0. The van der Waals surface area contributed by atoms with Crippen molar-refractivity contribution < 1.29 is 5.11 Å². The Morgan fingerprint density at radius 2 is 2.06 bits per heavy atom. The molecule has 1 atom stereocenters. The van der Waals surface area contributed by atoms with Gasteiger partial charge in [-0.05, 0) is 42.3 Å². The zero-order valence-electron chi connectivity index (χ0n) is 9.45. The number of rotatable bonds is 1. The Hall–Kier alpha value is -1.19. The van der Waals surface area contributed by atoms with Crippen LogP contribution in [0, 0.1) is 0 Å². The summed E-state index contributed by atoms with van der Waals surface area (Å²) in [5, 5.41) is 14.1. The van der Waals surface area contributed by atoms with Crippen LogP contribution in [-0.2, 0) is 6.42 Å². The van der Waals surface area contributed by atoms with Crippen molar-refractivity contribution in [2.45, 2.75) is 12.5 Å². The van der Waals surface area contributed by atoms with E-state index in [1.807, 2.05) is 30.3 Å². The molecule has 0 aliphatic carbocycles. The van der Waals surface area contributed by atoms with Gasteiger partial charge >= 0.3 is 0 Å². The molecule has 1 aliphatic rings. The summed E-state index contributed by atoms with van der Waals surface area (Å²) in [4.78, 5) is 0. The Morgan fingerprint density at radius 3 is 2.83 bits per heavy atom. The van der Waals surface area contributed by atoms with Crippen molar-refractivity contribution >= 4 is 33.2 Å². The van der Waals surface area contributed by atoms with Crippen LogP contribution in [-0.4, -0.2) is 5.11 Å². The fourth-order valence-corrected chi connectivity index (χ4v) is 2.87. The molecule has 2 N–H and O–H groups in total. The summed E-state index contributed by atoms with van der Waals surface area (Å²) in [6.45, 7) is 0. The Morgan fingerprint density at radius 1 is 1.22 bits per heavy atom. The fraction of sp³-hybridized carbons (Fsp3) is 0.143. The number of phenolic OH excluding ortho intramolecular Hbond substituents is 1. The Bertz CT molecular complexity index is 615. The van der Waals surface area contributed by atoms with Gasteiger partial charge in [0, 0.05) is 20.7 Å². The zero-order valence-corrected chi connectivity index (χ0v) is 11.8. The third-order valence-corrected chi connectivity index (χ3v) is 3.92.